The molecule has 0 aromatic rings. The molecule has 176 valence electrons. The molecule has 0 spiro atoms. The Morgan fingerprint density at radius 2 is 1.21 bits per heavy atom. The Morgan fingerprint density at radius 1 is 0.793 bits per heavy atom. The van der Waals surface area contributed by atoms with Crippen molar-refractivity contribution in [1.82, 2.24) is 0 Å². The van der Waals surface area contributed by atoms with E-state index in [9.17, 15) is 12.8 Å². The first-order valence-electron chi connectivity index (χ1n) is 11.8. The Kier molecular flexibility index (Phi) is 27.1. The van der Waals surface area contributed by atoms with E-state index in [0.717, 1.165) is 44.9 Å². The molecule has 29 heavy (non-hydrogen) atoms. The molecule has 0 atom stereocenters. The van der Waals surface area contributed by atoms with Crippen LogP contribution in [0.5, 0.6) is 0 Å². The van der Waals surface area contributed by atoms with Crippen LogP contribution in [0, 0.1) is 0 Å². The van der Waals surface area contributed by atoms with Crippen molar-refractivity contribution in [3.05, 3.63) is 12.7 Å². The van der Waals surface area contributed by atoms with E-state index in [4.69, 9.17) is 9.92 Å². The van der Waals surface area contributed by atoms with E-state index in [-0.39, 0.29) is 12.4 Å². The lowest BCUT2D eigenvalue weighted by Crippen LogP contribution is -2.11. The minimum Gasteiger partial charge on any atom is -0.327 e. The number of hydrogen-bond acceptors (Lipinski definition) is 4. The van der Waals surface area contributed by atoms with E-state index < -0.39 is 10.1 Å². The summed E-state index contributed by atoms with van der Waals surface area (Å²) in [4.78, 5) is 0. The van der Waals surface area contributed by atoms with Crippen LogP contribution >= 0.6 is 0 Å². The van der Waals surface area contributed by atoms with E-state index in [0.29, 0.717) is 26.0 Å². The van der Waals surface area contributed by atoms with Crippen molar-refractivity contribution < 1.29 is 17.0 Å². The third-order valence-electron chi connectivity index (χ3n) is 4.71. The van der Waals surface area contributed by atoms with E-state index >= 15 is 0 Å². The fourth-order valence-corrected chi connectivity index (χ4v) is 3.96. The first kappa shape index (κ1) is 30.7. The first-order chi connectivity index (χ1) is 14.0. The molecule has 0 aliphatic rings. The third-order valence-corrected chi connectivity index (χ3v) is 6.02. The van der Waals surface area contributed by atoms with Gasteiger partial charge in [0.25, 0.3) is 10.1 Å². The van der Waals surface area contributed by atoms with Gasteiger partial charge in [-0.1, -0.05) is 96.5 Å². The lowest BCUT2D eigenvalue weighted by Gasteiger charge is -2.06. The van der Waals surface area contributed by atoms with Gasteiger partial charge in [0.2, 0.25) is 0 Å². The van der Waals surface area contributed by atoms with Crippen LogP contribution in [0.1, 0.15) is 110 Å². The van der Waals surface area contributed by atoms with Crippen LogP contribution in [-0.2, 0) is 14.3 Å². The zero-order valence-corrected chi connectivity index (χ0v) is 19.8. The highest BCUT2D eigenvalue weighted by Crippen LogP contribution is 2.11. The lowest BCUT2D eigenvalue weighted by molar-refractivity contribution is 0.305. The summed E-state index contributed by atoms with van der Waals surface area (Å²) in [5, 5.41) is 0. The number of halogens is 1. The first-order valence-corrected chi connectivity index (χ1v) is 13.4. The van der Waals surface area contributed by atoms with E-state index in [2.05, 4.69) is 13.5 Å². The Bertz CT molecular complexity index is 416. The maximum Gasteiger partial charge on any atom is 0.267 e. The van der Waals surface area contributed by atoms with Gasteiger partial charge in [0.1, 0.15) is 0 Å². The molecule has 0 aliphatic carbocycles. The van der Waals surface area contributed by atoms with Gasteiger partial charge in [-0.15, -0.1) is 6.58 Å². The molecule has 0 saturated carbocycles. The molecule has 0 rings (SSSR count). The molecule has 4 nitrogen and oxygen atoms in total. The van der Waals surface area contributed by atoms with Crippen LogP contribution < -0.4 is 5.73 Å². The highest BCUT2D eigenvalue weighted by molar-refractivity contribution is 7.86. The van der Waals surface area contributed by atoms with Crippen LogP contribution in [0.15, 0.2) is 12.7 Å². The summed E-state index contributed by atoms with van der Waals surface area (Å²) in [6.45, 7) is 6.27. The van der Waals surface area contributed by atoms with Crippen LogP contribution in [0.2, 0.25) is 0 Å². The van der Waals surface area contributed by atoms with Crippen LogP contribution in [0.3, 0.4) is 0 Å². The predicted molar refractivity (Wildman–Crippen MR) is 125 cm³/mol. The van der Waals surface area contributed by atoms with Crippen LogP contribution in [0.25, 0.3) is 0 Å². The molecule has 2 N–H and O–H groups in total. The lowest BCUT2D eigenvalue weighted by atomic mass is 10.1. The zero-order chi connectivity index (χ0) is 22.1. The van der Waals surface area contributed by atoms with Crippen molar-refractivity contribution >= 4 is 10.1 Å². The SMILES string of the molecule is C=CCN.CCCCCCCCCCCOS(=O)(=O)CCCCCCCCCF. The number of rotatable bonds is 21. The molecule has 0 aromatic heterocycles. The van der Waals surface area contributed by atoms with Gasteiger partial charge in [0.05, 0.1) is 19.0 Å². The van der Waals surface area contributed by atoms with Crippen molar-refractivity contribution in [2.45, 2.75) is 110 Å². The highest BCUT2D eigenvalue weighted by Gasteiger charge is 2.10. The van der Waals surface area contributed by atoms with Gasteiger partial charge < -0.3 is 5.73 Å². The van der Waals surface area contributed by atoms with Crippen molar-refractivity contribution in [1.29, 1.82) is 0 Å². The van der Waals surface area contributed by atoms with Gasteiger partial charge in [-0.2, -0.15) is 8.42 Å². The molecule has 0 amide bonds. The summed E-state index contributed by atoms with van der Waals surface area (Å²) >= 11 is 0. The van der Waals surface area contributed by atoms with Gasteiger partial charge in [0.15, 0.2) is 0 Å². The summed E-state index contributed by atoms with van der Waals surface area (Å²) in [5.41, 5.74) is 4.91. The molecule has 0 saturated heterocycles. The van der Waals surface area contributed by atoms with Gasteiger partial charge in [0, 0.05) is 6.54 Å². The average Bonchev–Trinajstić information content (AvgIpc) is 2.71. The second kappa shape index (κ2) is 25.6. The normalized spacial score (nSPS) is 11.1. The fraction of sp³-hybridized carbons (Fsp3) is 0.913. The zero-order valence-electron chi connectivity index (χ0n) is 19.0. The van der Waals surface area contributed by atoms with E-state index in [1.54, 1.807) is 6.08 Å². The number of unbranched alkanes of at least 4 members (excludes halogenated alkanes) is 14. The molecule has 0 bridgehead atoms. The fourth-order valence-electron chi connectivity index (χ4n) is 2.91. The van der Waals surface area contributed by atoms with Gasteiger partial charge >= 0.3 is 0 Å². The van der Waals surface area contributed by atoms with Crippen molar-refractivity contribution in [2.75, 3.05) is 25.6 Å². The van der Waals surface area contributed by atoms with Gasteiger partial charge in [-0.05, 0) is 19.3 Å². The second-order valence-corrected chi connectivity index (χ2v) is 9.36. The van der Waals surface area contributed by atoms with Gasteiger partial charge in [-0.3, -0.25) is 8.57 Å². The van der Waals surface area contributed by atoms with E-state index in [1.807, 2.05) is 0 Å². The molecule has 0 heterocycles. The van der Waals surface area contributed by atoms with Crippen LogP contribution in [0.4, 0.5) is 4.39 Å². The smallest absolute Gasteiger partial charge is 0.267 e. The number of hydrogen-bond donors (Lipinski definition) is 1. The summed E-state index contributed by atoms with van der Waals surface area (Å²) in [5.74, 6) is 0.134. The predicted octanol–water partition coefficient (Wildman–Crippen LogP) is 6.69. The summed E-state index contributed by atoms with van der Waals surface area (Å²) in [6, 6.07) is 0. The Labute approximate surface area is 181 Å². The maximum atomic E-state index is 11.9. The Balaban J connectivity index is 0. The molecule has 0 aliphatic heterocycles. The molecule has 6 heteroatoms. The maximum absolute atomic E-state index is 11.9. The minimum absolute atomic E-state index is 0.134. The molecule has 0 aromatic carbocycles. The molecule has 0 fully saturated rings. The summed E-state index contributed by atoms with van der Waals surface area (Å²) in [6.07, 6.45) is 18.9. The second-order valence-electron chi connectivity index (χ2n) is 7.60. The standard InChI is InChI=1S/C20H41FO3S.C3H7N/c1-2-3-4-5-6-7-10-13-16-19-24-25(22,23)20-17-14-11-8-9-12-15-18-21;1-2-3-4/h2-20H2,1H3;2H,1,3-4H2. The minimum atomic E-state index is -3.34. The van der Waals surface area contributed by atoms with Crippen LogP contribution in [-0.4, -0.2) is 34.0 Å². The largest absolute Gasteiger partial charge is 0.327 e. The monoisotopic (exact) mass is 437 g/mol. The molecule has 0 radical (unpaired) electrons. The number of alkyl halides is 1. The van der Waals surface area contributed by atoms with E-state index in [1.165, 1.54) is 44.9 Å². The average molecular weight is 438 g/mol. The topological polar surface area (TPSA) is 69.4 Å². The molecule has 0 unspecified atom stereocenters. The van der Waals surface area contributed by atoms with Gasteiger partial charge in [-0.25, -0.2) is 0 Å². The highest BCUT2D eigenvalue weighted by atomic mass is 32.2. The van der Waals surface area contributed by atoms with Crippen molar-refractivity contribution in [3.63, 3.8) is 0 Å². The summed E-state index contributed by atoms with van der Waals surface area (Å²) in [7, 11) is -3.34. The van der Waals surface area contributed by atoms with Crippen molar-refractivity contribution in [3.8, 4) is 0 Å². The molecular weight excluding hydrogens is 389 g/mol. The third kappa shape index (κ3) is 29.8. The Morgan fingerprint density at radius 3 is 1.66 bits per heavy atom. The summed E-state index contributed by atoms with van der Waals surface area (Å²) < 4.78 is 40.6. The Hall–Kier alpha value is -0.460. The van der Waals surface area contributed by atoms with Crippen molar-refractivity contribution in [2.24, 2.45) is 5.73 Å². The molecular formula is C23H48FNO3S. The number of nitrogens with two attached hydrogens (primary N) is 1. The quantitative estimate of drug-likeness (QED) is 0.123.